The zero-order valence-electron chi connectivity index (χ0n) is 18.3. The van der Waals surface area contributed by atoms with Crippen molar-refractivity contribution in [3.8, 4) is 5.75 Å². The normalized spacial score (nSPS) is 21.4. The lowest BCUT2D eigenvalue weighted by atomic mass is 9.90. The average molecular weight is 461 g/mol. The van der Waals surface area contributed by atoms with Crippen molar-refractivity contribution in [2.24, 2.45) is 5.92 Å². The van der Waals surface area contributed by atoms with E-state index in [2.05, 4.69) is 5.10 Å². The second kappa shape index (κ2) is 10.4. The molecule has 32 heavy (non-hydrogen) atoms. The molecule has 2 aromatic rings. The Hall–Kier alpha value is -2.58. The molecule has 0 bridgehead atoms. The number of nitrogens with zero attached hydrogens (tertiary/aromatic N) is 4. The van der Waals surface area contributed by atoms with Crippen molar-refractivity contribution in [1.29, 1.82) is 0 Å². The van der Waals surface area contributed by atoms with Crippen LogP contribution in [0, 0.1) is 5.92 Å². The smallest absolute Gasteiger partial charge is 0.257 e. The Labute approximate surface area is 193 Å². The summed E-state index contributed by atoms with van der Waals surface area (Å²) in [5.74, 6) is 0.569. The van der Waals surface area contributed by atoms with E-state index in [-0.39, 0.29) is 23.8 Å². The Morgan fingerprint density at radius 2 is 2.03 bits per heavy atom. The molecule has 0 unspecified atom stereocenters. The van der Waals surface area contributed by atoms with Crippen LogP contribution in [0.4, 0.5) is 0 Å². The molecule has 9 heteroatoms. The minimum absolute atomic E-state index is 0.0604. The molecule has 0 N–H and O–H groups in total. The third kappa shape index (κ3) is 5.42. The van der Waals surface area contributed by atoms with E-state index in [1.54, 1.807) is 29.2 Å². The molecule has 1 aromatic carbocycles. The summed E-state index contributed by atoms with van der Waals surface area (Å²) in [6.07, 6.45) is 4.16. The van der Waals surface area contributed by atoms with Crippen LogP contribution in [0.25, 0.3) is 0 Å². The van der Waals surface area contributed by atoms with Crippen LogP contribution in [0.1, 0.15) is 30.1 Å². The van der Waals surface area contributed by atoms with Gasteiger partial charge in [-0.3, -0.25) is 14.3 Å². The Kier molecular flexibility index (Phi) is 7.32. The Morgan fingerprint density at radius 3 is 2.75 bits per heavy atom. The van der Waals surface area contributed by atoms with E-state index in [0.717, 1.165) is 0 Å². The topological polar surface area (TPSA) is 76.9 Å². The van der Waals surface area contributed by atoms with Crippen molar-refractivity contribution >= 4 is 23.4 Å². The second-order valence-corrected chi connectivity index (χ2v) is 8.63. The number of rotatable bonds is 6. The van der Waals surface area contributed by atoms with Crippen molar-refractivity contribution in [1.82, 2.24) is 19.6 Å². The van der Waals surface area contributed by atoms with Crippen molar-refractivity contribution in [2.75, 3.05) is 39.4 Å². The summed E-state index contributed by atoms with van der Waals surface area (Å²) in [6, 6.07) is 7.28. The van der Waals surface area contributed by atoms with Crippen LogP contribution in [-0.4, -0.2) is 76.9 Å². The first-order chi connectivity index (χ1) is 15.5. The molecule has 2 saturated heterocycles. The van der Waals surface area contributed by atoms with Crippen LogP contribution < -0.4 is 4.74 Å². The van der Waals surface area contributed by atoms with Crippen molar-refractivity contribution in [3.05, 3.63) is 47.2 Å². The van der Waals surface area contributed by atoms with Gasteiger partial charge in [0, 0.05) is 62.7 Å². The molecule has 3 heterocycles. The minimum Gasteiger partial charge on any atom is -0.490 e. The van der Waals surface area contributed by atoms with Gasteiger partial charge in [-0.2, -0.15) is 5.10 Å². The van der Waals surface area contributed by atoms with Crippen LogP contribution >= 0.6 is 11.6 Å². The fraction of sp³-hybridized carbons (Fsp3) is 0.522. The number of aromatic nitrogens is 2. The van der Waals surface area contributed by atoms with Gasteiger partial charge in [0.1, 0.15) is 11.9 Å². The van der Waals surface area contributed by atoms with Gasteiger partial charge < -0.3 is 19.3 Å². The molecule has 1 aromatic heterocycles. The van der Waals surface area contributed by atoms with Crippen molar-refractivity contribution in [3.63, 3.8) is 0 Å². The quantitative estimate of drug-likeness (QED) is 0.662. The molecule has 2 aliphatic rings. The summed E-state index contributed by atoms with van der Waals surface area (Å²) >= 11 is 6.12. The van der Waals surface area contributed by atoms with Gasteiger partial charge in [-0.25, -0.2) is 0 Å². The fourth-order valence-corrected chi connectivity index (χ4v) is 4.44. The first kappa shape index (κ1) is 22.6. The molecular weight excluding hydrogens is 432 g/mol. The second-order valence-electron chi connectivity index (χ2n) is 8.20. The zero-order chi connectivity index (χ0) is 22.5. The van der Waals surface area contributed by atoms with Gasteiger partial charge in [0.2, 0.25) is 5.91 Å². The molecule has 0 aliphatic carbocycles. The summed E-state index contributed by atoms with van der Waals surface area (Å²) < 4.78 is 13.4. The molecule has 2 fully saturated rings. The monoisotopic (exact) mass is 460 g/mol. The maximum Gasteiger partial charge on any atom is 0.257 e. The number of aryl methyl sites for hydroxylation is 1. The van der Waals surface area contributed by atoms with E-state index >= 15 is 0 Å². The van der Waals surface area contributed by atoms with E-state index < -0.39 is 0 Å². The van der Waals surface area contributed by atoms with E-state index in [1.165, 1.54) is 0 Å². The van der Waals surface area contributed by atoms with Crippen LogP contribution in [0.15, 0.2) is 36.7 Å². The highest BCUT2D eigenvalue weighted by molar-refractivity contribution is 6.30. The number of morpholine rings is 1. The fourth-order valence-electron chi connectivity index (χ4n) is 4.26. The summed E-state index contributed by atoms with van der Waals surface area (Å²) in [5.41, 5.74) is 0.569. The molecule has 4 rings (SSSR count). The average Bonchev–Trinajstić information content (AvgIpc) is 3.30. The molecule has 0 radical (unpaired) electrons. The lowest BCUT2D eigenvalue weighted by molar-refractivity contribution is -0.137. The number of likely N-dealkylation sites (tertiary alicyclic amines) is 1. The molecular formula is C23H29ClN4O4. The van der Waals surface area contributed by atoms with Gasteiger partial charge in [0.25, 0.3) is 5.91 Å². The molecule has 2 amide bonds. The van der Waals surface area contributed by atoms with Crippen LogP contribution in [0.3, 0.4) is 0 Å². The number of hydrogen-bond acceptors (Lipinski definition) is 5. The van der Waals surface area contributed by atoms with Gasteiger partial charge in [0.05, 0.1) is 25.0 Å². The Morgan fingerprint density at radius 1 is 1.22 bits per heavy atom. The number of hydrogen-bond donors (Lipinski definition) is 0. The summed E-state index contributed by atoms with van der Waals surface area (Å²) in [7, 11) is 0. The molecule has 172 valence electrons. The SMILES string of the molecule is CCn1cc(C(=O)N2CC[C@H](Oc3cccc(Cl)c3)[C@@H](CC(=O)N3CCOCC3)C2)cn1. The van der Waals surface area contributed by atoms with Gasteiger partial charge >= 0.3 is 0 Å². The Bertz CT molecular complexity index is 944. The molecule has 8 nitrogen and oxygen atoms in total. The number of halogens is 1. The van der Waals surface area contributed by atoms with Crippen LogP contribution in [0.2, 0.25) is 5.02 Å². The number of amides is 2. The van der Waals surface area contributed by atoms with E-state index in [0.29, 0.717) is 75.1 Å². The van der Waals surface area contributed by atoms with Gasteiger partial charge in [0.15, 0.2) is 0 Å². The maximum atomic E-state index is 13.1. The highest BCUT2D eigenvalue weighted by Gasteiger charge is 2.36. The number of ether oxygens (including phenoxy) is 2. The van der Waals surface area contributed by atoms with Gasteiger partial charge in [-0.1, -0.05) is 17.7 Å². The predicted molar refractivity (Wildman–Crippen MR) is 120 cm³/mol. The molecule has 2 aliphatic heterocycles. The third-order valence-corrected chi connectivity index (χ3v) is 6.27. The third-order valence-electron chi connectivity index (χ3n) is 6.04. The van der Waals surface area contributed by atoms with Gasteiger partial charge in [-0.15, -0.1) is 0 Å². The van der Waals surface area contributed by atoms with Gasteiger partial charge in [-0.05, 0) is 25.1 Å². The first-order valence-corrected chi connectivity index (χ1v) is 11.5. The van der Waals surface area contributed by atoms with Crippen LogP contribution in [-0.2, 0) is 16.1 Å². The Balaban J connectivity index is 1.48. The van der Waals surface area contributed by atoms with E-state index in [1.807, 2.05) is 28.9 Å². The van der Waals surface area contributed by atoms with Crippen LogP contribution in [0.5, 0.6) is 5.75 Å². The van der Waals surface area contributed by atoms with Crippen molar-refractivity contribution in [2.45, 2.75) is 32.4 Å². The largest absolute Gasteiger partial charge is 0.490 e. The lowest BCUT2D eigenvalue weighted by Gasteiger charge is -2.39. The summed E-state index contributed by atoms with van der Waals surface area (Å²) in [4.78, 5) is 29.7. The lowest BCUT2D eigenvalue weighted by Crippen LogP contribution is -2.50. The molecule has 0 spiro atoms. The predicted octanol–water partition coefficient (Wildman–Crippen LogP) is 2.72. The van der Waals surface area contributed by atoms with Crippen molar-refractivity contribution < 1.29 is 19.1 Å². The minimum atomic E-state index is -0.180. The number of carbonyl (C=O) groups is 2. The highest BCUT2D eigenvalue weighted by atomic mass is 35.5. The first-order valence-electron chi connectivity index (χ1n) is 11.1. The summed E-state index contributed by atoms with van der Waals surface area (Å²) in [5, 5.41) is 4.82. The van der Waals surface area contributed by atoms with E-state index in [4.69, 9.17) is 21.1 Å². The molecule has 0 saturated carbocycles. The zero-order valence-corrected chi connectivity index (χ0v) is 19.0. The number of carbonyl (C=O) groups excluding carboxylic acids is 2. The summed E-state index contributed by atoms with van der Waals surface area (Å²) in [6.45, 7) is 6.03. The van der Waals surface area contributed by atoms with E-state index in [9.17, 15) is 9.59 Å². The maximum absolute atomic E-state index is 13.1. The molecule has 2 atom stereocenters. The number of benzene rings is 1. The highest BCUT2D eigenvalue weighted by Crippen LogP contribution is 2.28. The number of piperidine rings is 1. The standard InChI is InChI=1S/C23H29ClN4O4/c1-2-28-16-18(14-25-28)23(30)27-7-6-21(32-20-5-3-4-19(24)13-20)17(15-27)12-22(29)26-8-10-31-11-9-26/h3-5,13-14,16-17,21H,2,6-12,15H2,1H3/t17-,21-/m0/s1.